The van der Waals surface area contributed by atoms with Crippen LogP contribution in [0.15, 0.2) is 18.2 Å². The van der Waals surface area contributed by atoms with Crippen LogP contribution in [0.25, 0.3) is 0 Å². The van der Waals surface area contributed by atoms with E-state index in [1.54, 1.807) is 23.1 Å². The third kappa shape index (κ3) is 3.64. The maximum absolute atomic E-state index is 12.3. The summed E-state index contributed by atoms with van der Waals surface area (Å²) < 4.78 is 0. The molecule has 0 bridgehead atoms. The molecule has 1 saturated heterocycles. The van der Waals surface area contributed by atoms with Gasteiger partial charge in [0.05, 0.1) is 12.3 Å². The van der Waals surface area contributed by atoms with E-state index in [1.165, 1.54) is 0 Å². The van der Waals surface area contributed by atoms with E-state index < -0.39 is 0 Å². The van der Waals surface area contributed by atoms with Crippen molar-refractivity contribution in [2.75, 3.05) is 13.1 Å². The van der Waals surface area contributed by atoms with Crippen LogP contribution in [0.1, 0.15) is 18.4 Å². The Hall–Kier alpha value is -1.26. The van der Waals surface area contributed by atoms with E-state index >= 15 is 0 Å². The Labute approximate surface area is 127 Å². The smallest absolute Gasteiger partial charge is 0.227 e. The van der Waals surface area contributed by atoms with Crippen LogP contribution < -0.4 is 5.73 Å². The minimum Gasteiger partial charge on any atom is -0.369 e. The van der Waals surface area contributed by atoms with Crippen molar-refractivity contribution in [3.63, 3.8) is 0 Å². The van der Waals surface area contributed by atoms with E-state index in [2.05, 4.69) is 0 Å². The van der Waals surface area contributed by atoms with Crippen molar-refractivity contribution in [1.82, 2.24) is 4.90 Å². The highest BCUT2D eigenvalue weighted by Crippen LogP contribution is 2.23. The fourth-order valence-corrected chi connectivity index (χ4v) is 2.85. The van der Waals surface area contributed by atoms with E-state index in [9.17, 15) is 9.59 Å². The predicted molar refractivity (Wildman–Crippen MR) is 78.7 cm³/mol. The second kappa shape index (κ2) is 6.46. The summed E-state index contributed by atoms with van der Waals surface area (Å²) >= 11 is 11.9. The topological polar surface area (TPSA) is 63.4 Å². The van der Waals surface area contributed by atoms with E-state index in [0.717, 1.165) is 18.4 Å². The molecule has 0 spiro atoms. The van der Waals surface area contributed by atoms with E-state index in [0.29, 0.717) is 23.1 Å². The first-order valence-electron chi connectivity index (χ1n) is 6.48. The first-order chi connectivity index (χ1) is 9.47. The Morgan fingerprint density at radius 2 is 2.10 bits per heavy atom. The molecule has 0 radical (unpaired) electrons. The van der Waals surface area contributed by atoms with Crippen molar-refractivity contribution < 1.29 is 9.59 Å². The van der Waals surface area contributed by atoms with Crippen LogP contribution in [0.2, 0.25) is 10.0 Å². The van der Waals surface area contributed by atoms with Gasteiger partial charge in [-0.15, -0.1) is 0 Å². The molecule has 6 heteroatoms. The average molecular weight is 315 g/mol. The molecule has 1 aromatic rings. The van der Waals surface area contributed by atoms with Crippen LogP contribution in [0.4, 0.5) is 0 Å². The van der Waals surface area contributed by atoms with E-state index in [4.69, 9.17) is 28.9 Å². The molecule has 108 valence electrons. The van der Waals surface area contributed by atoms with Gasteiger partial charge in [0.2, 0.25) is 11.8 Å². The number of piperidine rings is 1. The highest BCUT2D eigenvalue weighted by molar-refractivity contribution is 6.35. The normalized spacial score (nSPS) is 18.9. The Kier molecular flexibility index (Phi) is 4.89. The number of hydrogen-bond acceptors (Lipinski definition) is 2. The lowest BCUT2D eigenvalue weighted by Gasteiger charge is -2.31. The SMILES string of the molecule is NC(=O)C1CCCN(C(=O)Cc2ccc(Cl)cc2Cl)C1. The summed E-state index contributed by atoms with van der Waals surface area (Å²) in [7, 11) is 0. The summed E-state index contributed by atoms with van der Waals surface area (Å²) in [6.45, 7) is 1.06. The standard InChI is InChI=1S/C14H16Cl2N2O2/c15-11-4-3-9(12(16)7-11)6-13(19)18-5-1-2-10(8-18)14(17)20/h3-4,7,10H,1-2,5-6,8H2,(H2,17,20). The number of hydrogen-bond donors (Lipinski definition) is 1. The van der Waals surface area contributed by atoms with Crippen LogP contribution in [0.5, 0.6) is 0 Å². The second-order valence-electron chi connectivity index (χ2n) is 4.99. The number of amides is 2. The molecule has 4 nitrogen and oxygen atoms in total. The molecule has 1 aliphatic heterocycles. The van der Waals surface area contributed by atoms with Gasteiger partial charge in [0.1, 0.15) is 0 Å². The zero-order valence-electron chi connectivity index (χ0n) is 10.9. The molecular formula is C14H16Cl2N2O2. The lowest BCUT2D eigenvalue weighted by atomic mass is 9.97. The first kappa shape index (κ1) is 15.1. The van der Waals surface area contributed by atoms with Crippen LogP contribution >= 0.6 is 23.2 Å². The largest absolute Gasteiger partial charge is 0.369 e. The quantitative estimate of drug-likeness (QED) is 0.930. The monoisotopic (exact) mass is 314 g/mol. The molecule has 1 atom stereocenters. The number of likely N-dealkylation sites (tertiary alicyclic amines) is 1. The third-order valence-electron chi connectivity index (χ3n) is 3.53. The fourth-order valence-electron chi connectivity index (χ4n) is 2.38. The molecule has 2 amide bonds. The van der Waals surface area contributed by atoms with Crippen LogP contribution in [0.3, 0.4) is 0 Å². The van der Waals surface area contributed by atoms with Gasteiger partial charge in [-0.1, -0.05) is 29.3 Å². The second-order valence-corrected chi connectivity index (χ2v) is 5.84. The molecule has 2 rings (SSSR count). The fraction of sp³-hybridized carbons (Fsp3) is 0.429. The lowest BCUT2D eigenvalue weighted by molar-refractivity contribution is -0.134. The van der Waals surface area contributed by atoms with Gasteiger partial charge in [0.25, 0.3) is 0 Å². The number of carbonyl (C=O) groups is 2. The molecule has 1 aromatic carbocycles. The molecule has 2 N–H and O–H groups in total. The van der Waals surface area contributed by atoms with Crippen molar-refractivity contribution >= 4 is 35.0 Å². The van der Waals surface area contributed by atoms with Crippen LogP contribution in [-0.4, -0.2) is 29.8 Å². The zero-order chi connectivity index (χ0) is 14.7. The Balaban J connectivity index is 2.02. The Morgan fingerprint density at radius 3 is 2.75 bits per heavy atom. The van der Waals surface area contributed by atoms with Gasteiger partial charge in [-0.25, -0.2) is 0 Å². The van der Waals surface area contributed by atoms with Gasteiger partial charge in [-0.2, -0.15) is 0 Å². The Morgan fingerprint density at radius 1 is 1.35 bits per heavy atom. The van der Waals surface area contributed by atoms with E-state index in [1.807, 2.05) is 0 Å². The van der Waals surface area contributed by atoms with E-state index in [-0.39, 0.29) is 24.2 Å². The molecule has 0 saturated carbocycles. The molecule has 1 unspecified atom stereocenters. The molecule has 20 heavy (non-hydrogen) atoms. The molecule has 0 aliphatic carbocycles. The number of carbonyl (C=O) groups excluding carboxylic acids is 2. The molecule has 1 aliphatic rings. The van der Waals surface area contributed by atoms with Crippen LogP contribution in [0, 0.1) is 5.92 Å². The van der Waals surface area contributed by atoms with Gasteiger partial charge in [-0.3, -0.25) is 9.59 Å². The minimum absolute atomic E-state index is 0.0415. The third-order valence-corrected chi connectivity index (χ3v) is 4.12. The number of primary amides is 1. The zero-order valence-corrected chi connectivity index (χ0v) is 12.5. The Bertz CT molecular complexity index is 534. The van der Waals surface area contributed by atoms with Gasteiger partial charge in [-0.05, 0) is 30.5 Å². The summed E-state index contributed by atoms with van der Waals surface area (Å²) in [6.07, 6.45) is 1.76. The summed E-state index contributed by atoms with van der Waals surface area (Å²) in [5, 5.41) is 1.02. The molecule has 0 aromatic heterocycles. The molecule has 1 fully saturated rings. The maximum atomic E-state index is 12.3. The number of rotatable bonds is 3. The summed E-state index contributed by atoms with van der Waals surface area (Å²) in [5.74, 6) is -0.624. The van der Waals surface area contributed by atoms with Crippen molar-refractivity contribution in [3.05, 3.63) is 33.8 Å². The van der Waals surface area contributed by atoms with Crippen molar-refractivity contribution in [2.45, 2.75) is 19.3 Å². The van der Waals surface area contributed by atoms with Gasteiger partial charge in [0.15, 0.2) is 0 Å². The van der Waals surface area contributed by atoms with Crippen molar-refractivity contribution in [1.29, 1.82) is 0 Å². The summed E-state index contributed by atoms with van der Waals surface area (Å²) in [4.78, 5) is 25.2. The van der Waals surface area contributed by atoms with Crippen LogP contribution in [-0.2, 0) is 16.0 Å². The minimum atomic E-state index is -0.341. The number of halogens is 2. The van der Waals surface area contributed by atoms with Gasteiger partial charge >= 0.3 is 0 Å². The summed E-state index contributed by atoms with van der Waals surface area (Å²) in [5.41, 5.74) is 6.05. The summed E-state index contributed by atoms with van der Waals surface area (Å²) in [6, 6.07) is 5.07. The van der Waals surface area contributed by atoms with Gasteiger partial charge < -0.3 is 10.6 Å². The average Bonchev–Trinajstić information content (AvgIpc) is 2.42. The van der Waals surface area contributed by atoms with Crippen molar-refractivity contribution in [3.8, 4) is 0 Å². The number of nitrogens with zero attached hydrogens (tertiary/aromatic N) is 1. The molecular weight excluding hydrogens is 299 g/mol. The predicted octanol–water partition coefficient (Wildman–Crippen LogP) is 2.26. The maximum Gasteiger partial charge on any atom is 0.227 e. The number of benzene rings is 1. The van der Waals surface area contributed by atoms with Gasteiger partial charge in [0, 0.05) is 23.1 Å². The molecule has 1 heterocycles. The highest BCUT2D eigenvalue weighted by atomic mass is 35.5. The lowest BCUT2D eigenvalue weighted by Crippen LogP contribution is -2.44. The highest BCUT2D eigenvalue weighted by Gasteiger charge is 2.27. The number of nitrogens with two attached hydrogens (primary N) is 1. The first-order valence-corrected chi connectivity index (χ1v) is 7.24. The van der Waals surface area contributed by atoms with Crippen molar-refractivity contribution in [2.24, 2.45) is 11.7 Å².